The molecule has 0 radical (unpaired) electrons. The van der Waals surface area contributed by atoms with Crippen molar-refractivity contribution >= 4 is 23.6 Å². The second-order valence-corrected chi connectivity index (χ2v) is 5.31. The molecular formula is C14H13ClN4O3. The number of nitrogens with one attached hydrogen (secondary N) is 1. The van der Waals surface area contributed by atoms with Crippen LogP contribution in [-0.2, 0) is 6.42 Å². The molecular weight excluding hydrogens is 308 g/mol. The topological polar surface area (TPSA) is 101 Å². The van der Waals surface area contributed by atoms with E-state index in [1.54, 1.807) is 13.1 Å². The van der Waals surface area contributed by atoms with E-state index in [0.29, 0.717) is 10.6 Å². The van der Waals surface area contributed by atoms with Crippen molar-refractivity contribution in [1.82, 2.24) is 20.4 Å². The van der Waals surface area contributed by atoms with Crippen molar-refractivity contribution in [2.75, 3.05) is 6.61 Å². The third kappa shape index (κ3) is 2.60. The summed E-state index contributed by atoms with van der Waals surface area (Å²) in [6.45, 7) is 1.47. The molecule has 2 aromatic rings. The van der Waals surface area contributed by atoms with Crippen LogP contribution in [0.5, 0.6) is 0 Å². The number of halogens is 1. The maximum Gasteiger partial charge on any atom is 0.316 e. The summed E-state index contributed by atoms with van der Waals surface area (Å²) in [4.78, 5) is 20.2. The highest BCUT2D eigenvalue weighted by molar-refractivity contribution is 6.34. The van der Waals surface area contributed by atoms with Crippen molar-refractivity contribution in [2.45, 2.75) is 19.4 Å². The van der Waals surface area contributed by atoms with Gasteiger partial charge in [-0.3, -0.25) is 9.78 Å². The summed E-state index contributed by atoms with van der Waals surface area (Å²) in [6, 6.07) is -0.404. The molecule has 1 atom stereocenters. The largest absolute Gasteiger partial charge is 0.394 e. The maximum absolute atomic E-state index is 11.9. The fraction of sp³-hybridized carbons (Fsp3) is 0.286. The Hall–Kier alpha value is -2.25. The number of amides is 1. The van der Waals surface area contributed by atoms with Gasteiger partial charge in [-0.25, -0.2) is 0 Å². The van der Waals surface area contributed by atoms with Crippen molar-refractivity contribution in [2.24, 2.45) is 0 Å². The van der Waals surface area contributed by atoms with Gasteiger partial charge in [0.05, 0.1) is 22.9 Å². The van der Waals surface area contributed by atoms with Crippen LogP contribution in [0.2, 0.25) is 5.02 Å². The molecule has 0 fully saturated rings. The Kier molecular flexibility index (Phi) is 3.91. The first-order valence-electron chi connectivity index (χ1n) is 6.70. The van der Waals surface area contributed by atoms with Crippen molar-refractivity contribution < 1.29 is 14.4 Å². The van der Waals surface area contributed by atoms with E-state index in [2.05, 4.69) is 20.4 Å². The van der Waals surface area contributed by atoms with Crippen LogP contribution in [0.1, 0.15) is 28.9 Å². The number of hydrogen-bond donors (Lipinski definition) is 2. The van der Waals surface area contributed by atoms with Crippen LogP contribution >= 0.6 is 11.6 Å². The first-order chi connectivity index (χ1) is 10.6. The molecule has 22 heavy (non-hydrogen) atoms. The highest BCUT2D eigenvalue weighted by Crippen LogP contribution is 2.33. The number of aliphatic hydroxyl groups is 1. The molecule has 0 aliphatic heterocycles. The van der Waals surface area contributed by atoms with Gasteiger partial charge in [-0.1, -0.05) is 28.9 Å². The van der Waals surface area contributed by atoms with Crippen LogP contribution in [0.15, 0.2) is 16.8 Å². The number of pyridine rings is 1. The lowest BCUT2D eigenvalue weighted by atomic mass is 10.1. The molecule has 0 saturated carbocycles. The predicted octanol–water partition coefficient (Wildman–Crippen LogP) is 1.46. The highest BCUT2D eigenvalue weighted by atomic mass is 35.5. The van der Waals surface area contributed by atoms with Gasteiger partial charge in [0.15, 0.2) is 0 Å². The molecule has 114 valence electrons. The molecule has 7 nitrogen and oxygen atoms in total. The van der Waals surface area contributed by atoms with Gasteiger partial charge in [-0.15, -0.1) is 0 Å². The Morgan fingerprint density at radius 3 is 3.18 bits per heavy atom. The summed E-state index contributed by atoms with van der Waals surface area (Å²) in [5, 5.41) is 15.7. The van der Waals surface area contributed by atoms with E-state index in [-0.39, 0.29) is 18.3 Å². The number of nitrogens with zero attached hydrogens (tertiary/aromatic N) is 3. The fourth-order valence-electron chi connectivity index (χ4n) is 2.07. The molecule has 0 saturated heterocycles. The van der Waals surface area contributed by atoms with Crippen LogP contribution < -0.4 is 5.32 Å². The molecule has 0 unspecified atom stereocenters. The van der Waals surface area contributed by atoms with Gasteiger partial charge >= 0.3 is 11.8 Å². The number of carbonyl (C=O) groups is 1. The first-order valence-corrected chi connectivity index (χ1v) is 7.07. The Morgan fingerprint density at radius 1 is 1.59 bits per heavy atom. The van der Waals surface area contributed by atoms with Gasteiger partial charge in [0.2, 0.25) is 5.82 Å². The van der Waals surface area contributed by atoms with E-state index in [0.717, 1.165) is 17.7 Å². The summed E-state index contributed by atoms with van der Waals surface area (Å²) in [5.74, 6) is -0.546. The number of allylic oxidation sites excluding steroid dienone is 1. The van der Waals surface area contributed by atoms with E-state index >= 15 is 0 Å². The molecule has 8 heteroatoms. The van der Waals surface area contributed by atoms with E-state index < -0.39 is 11.9 Å². The lowest BCUT2D eigenvalue weighted by Crippen LogP contribution is -2.35. The number of carbonyl (C=O) groups excluding carboxylic acids is 1. The molecule has 1 amide bonds. The highest BCUT2D eigenvalue weighted by Gasteiger charge is 2.21. The van der Waals surface area contributed by atoms with Gasteiger partial charge < -0.3 is 14.9 Å². The van der Waals surface area contributed by atoms with E-state index in [9.17, 15) is 4.79 Å². The lowest BCUT2D eigenvalue weighted by molar-refractivity contribution is 0.0878. The van der Waals surface area contributed by atoms with Crippen molar-refractivity contribution in [3.05, 3.63) is 34.4 Å². The molecule has 1 aliphatic carbocycles. The SMILES string of the molecule is C[C@@H](CO)NC(=O)c1nc(-c2cnc3c(c2Cl)C=CC3)no1. The molecule has 0 aromatic carbocycles. The molecule has 2 aromatic heterocycles. The number of aromatic nitrogens is 3. The second kappa shape index (κ2) is 5.86. The van der Waals surface area contributed by atoms with E-state index in [4.69, 9.17) is 21.2 Å². The summed E-state index contributed by atoms with van der Waals surface area (Å²) >= 11 is 6.34. The smallest absolute Gasteiger partial charge is 0.316 e. The summed E-state index contributed by atoms with van der Waals surface area (Å²) in [5.41, 5.74) is 2.24. The van der Waals surface area contributed by atoms with Crippen LogP contribution in [-0.4, -0.2) is 38.8 Å². The number of fused-ring (bicyclic) bond motifs is 1. The van der Waals surface area contributed by atoms with Gasteiger partial charge in [0.25, 0.3) is 0 Å². The minimum Gasteiger partial charge on any atom is -0.394 e. The quantitative estimate of drug-likeness (QED) is 0.884. The number of hydrogen-bond acceptors (Lipinski definition) is 6. The van der Waals surface area contributed by atoms with Crippen LogP contribution in [0.3, 0.4) is 0 Å². The third-order valence-corrected chi connectivity index (χ3v) is 3.65. The summed E-state index contributed by atoms with van der Waals surface area (Å²) in [6.07, 6.45) is 6.18. The van der Waals surface area contributed by atoms with E-state index in [1.807, 2.05) is 12.2 Å². The van der Waals surface area contributed by atoms with Gasteiger partial charge in [0.1, 0.15) is 0 Å². The summed E-state index contributed by atoms with van der Waals surface area (Å²) < 4.78 is 4.94. The molecule has 3 rings (SSSR count). The minimum absolute atomic E-state index is 0.181. The zero-order chi connectivity index (χ0) is 15.7. The van der Waals surface area contributed by atoms with Gasteiger partial charge in [0, 0.05) is 24.2 Å². The zero-order valence-corrected chi connectivity index (χ0v) is 12.5. The normalized spacial score (nSPS) is 14.0. The molecule has 1 aliphatic rings. The van der Waals surface area contributed by atoms with Crippen LogP contribution in [0.4, 0.5) is 0 Å². The first kappa shape index (κ1) is 14.7. The monoisotopic (exact) mass is 320 g/mol. The Morgan fingerprint density at radius 2 is 2.41 bits per heavy atom. The molecule has 2 N–H and O–H groups in total. The third-order valence-electron chi connectivity index (χ3n) is 3.24. The lowest BCUT2D eigenvalue weighted by Gasteiger charge is -2.07. The maximum atomic E-state index is 11.9. The molecule has 2 heterocycles. The Balaban J connectivity index is 1.88. The zero-order valence-electron chi connectivity index (χ0n) is 11.7. The van der Waals surface area contributed by atoms with Crippen molar-refractivity contribution in [1.29, 1.82) is 0 Å². The Bertz CT molecular complexity index is 757. The van der Waals surface area contributed by atoms with Crippen molar-refractivity contribution in [3.63, 3.8) is 0 Å². The van der Waals surface area contributed by atoms with Crippen molar-refractivity contribution in [3.8, 4) is 11.4 Å². The minimum atomic E-state index is -0.551. The van der Waals surface area contributed by atoms with Crippen LogP contribution in [0, 0.1) is 0 Å². The second-order valence-electron chi connectivity index (χ2n) is 4.93. The predicted molar refractivity (Wildman–Crippen MR) is 79.3 cm³/mol. The van der Waals surface area contributed by atoms with Crippen LogP contribution in [0.25, 0.3) is 17.5 Å². The molecule has 0 spiro atoms. The summed E-state index contributed by atoms with van der Waals surface area (Å²) in [7, 11) is 0. The average molecular weight is 321 g/mol. The number of aliphatic hydroxyl groups excluding tert-OH is 1. The number of rotatable bonds is 4. The van der Waals surface area contributed by atoms with Gasteiger partial charge in [-0.05, 0) is 6.92 Å². The van der Waals surface area contributed by atoms with E-state index in [1.165, 1.54) is 0 Å². The fourth-order valence-corrected chi connectivity index (χ4v) is 2.38. The average Bonchev–Trinajstić information content (AvgIpc) is 3.16. The molecule has 0 bridgehead atoms. The standard InChI is InChI=1S/C14H13ClN4O3/c1-7(6-20)17-13(21)14-18-12(19-22-14)9-5-16-10-4-2-3-8(10)11(9)15/h2-3,5,7,20H,4,6H2,1H3,(H,17,21)/t7-/m0/s1. The van der Waals surface area contributed by atoms with Gasteiger partial charge in [-0.2, -0.15) is 4.98 Å². The Labute approximate surface area is 131 Å².